The largest absolute Gasteiger partial charge is 2.00 e. The van der Waals surface area contributed by atoms with E-state index in [4.69, 9.17) is 0 Å². The average Bonchev–Trinajstić information content (AvgIpc) is 2.14. The normalized spacial score (nSPS) is 15.4. The van der Waals surface area contributed by atoms with E-state index in [1.165, 1.54) is 12.8 Å². The molecule has 1 aliphatic rings. The van der Waals surface area contributed by atoms with E-state index < -0.39 is 0 Å². The van der Waals surface area contributed by atoms with Crippen LogP contribution in [0.2, 0.25) is 0 Å². The maximum absolute atomic E-state index is 2.19. The van der Waals surface area contributed by atoms with Gasteiger partial charge in [-0.25, -0.2) is 0 Å². The van der Waals surface area contributed by atoms with E-state index in [0.717, 1.165) is 0 Å². The second-order valence-electron chi connectivity index (χ2n) is 1.81. The minimum absolute atomic E-state index is 0. The van der Waals surface area contributed by atoms with Gasteiger partial charge in [0.05, 0.1) is 0 Å². The Balaban J connectivity index is -0.000000163. The molecule has 0 atom stereocenters. The van der Waals surface area contributed by atoms with E-state index in [0.29, 0.717) is 0 Å². The van der Waals surface area contributed by atoms with Crippen molar-refractivity contribution in [3.8, 4) is 0 Å². The van der Waals surface area contributed by atoms with E-state index in [9.17, 15) is 0 Å². The third kappa shape index (κ3) is 1.63. The SMILES string of the molecule is CCC1=CC=CC1.[Be+2].[H-].[H-]. The molecule has 0 spiro atoms. The molecule has 0 amide bonds. The van der Waals surface area contributed by atoms with Crippen LogP contribution < -0.4 is 0 Å². The molecule has 0 bridgehead atoms. The van der Waals surface area contributed by atoms with Crippen molar-refractivity contribution in [1.29, 1.82) is 0 Å². The summed E-state index contributed by atoms with van der Waals surface area (Å²) in [5.41, 5.74) is 1.56. The van der Waals surface area contributed by atoms with Gasteiger partial charge in [0.15, 0.2) is 0 Å². The Morgan fingerprint density at radius 2 is 2.50 bits per heavy atom. The van der Waals surface area contributed by atoms with Crippen LogP contribution in [-0.4, -0.2) is 10.1 Å². The van der Waals surface area contributed by atoms with Crippen LogP contribution in [0.3, 0.4) is 0 Å². The Kier molecular flexibility index (Phi) is 3.47. The summed E-state index contributed by atoms with van der Waals surface area (Å²) in [6, 6.07) is 0. The summed E-state index contributed by atoms with van der Waals surface area (Å²) < 4.78 is 0. The van der Waals surface area contributed by atoms with Crippen LogP contribution in [0.1, 0.15) is 22.6 Å². The van der Waals surface area contributed by atoms with Gasteiger partial charge in [-0.15, -0.1) is 0 Å². The first-order chi connectivity index (χ1) is 3.43. The first-order valence-corrected chi connectivity index (χ1v) is 2.78. The Hall–Kier alpha value is -0.351. The summed E-state index contributed by atoms with van der Waals surface area (Å²) in [6.45, 7) is 2.19. The summed E-state index contributed by atoms with van der Waals surface area (Å²) in [6.07, 6.45) is 8.92. The van der Waals surface area contributed by atoms with E-state index in [1.807, 2.05) is 0 Å². The fraction of sp³-hybridized carbons (Fsp3) is 0.429. The van der Waals surface area contributed by atoms with Gasteiger partial charge in [-0.2, -0.15) is 0 Å². The van der Waals surface area contributed by atoms with Gasteiger partial charge in [0.2, 0.25) is 0 Å². The molecule has 1 rings (SSSR count). The van der Waals surface area contributed by atoms with E-state index in [1.54, 1.807) is 5.57 Å². The molecule has 42 valence electrons. The zero-order chi connectivity index (χ0) is 5.11. The molecule has 0 saturated heterocycles. The standard InChI is InChI=1S/C7H10.Be.2H/c1-2-7-5-3-4-6-7;;;/h3-5H,2,6H2,1H3;;;/q;+2;2*-1. The van der Waals surface area contributed by atoms with Crippen LogP contribution in [0.25, 0.3) is 0 Å². The van der Waals surface area contributed by atoms with Crippen LogP contribution in [0.4, 0.5) is 0 Å². The molecule has 0 fully saturated rings. The molecular weight excluding hydrogens is 93.1 g/mol. The van der Waals surface area contributed by atoms with Crippen molar-refractivity contribution < 1.29 is 2.85 Å². The van der Waals surface area contributed by atoms with Gasteiger partial charge in [-0.1, -0.05) is 30.7 Å². The maximum atomic E-state index is 2.19. The number of allylic oxidation sites excluding steroid dienone is 4. The fourth-order valence-corrected chi connectivity index (χ4v) is 0.754. The third-order valence-corrected chi connectivity index (χ3v) is 1.30. The van der Waals surface area contributed by atoms with Crippen LogP contribution in [0.15, 0.2) is 23.8 Å². The molecule has 0 aliphatic heterocycles. The van der Waals surface area contributed by atoms with Crippen molar-refractivity contribution in [3.05, 3.63) is 23.8 Å². The van der Waals surface area contributed by atoms with Crippen molar-refractivity contribution in [1.82, 2.24) is 0 Å². The van der Waals surface area contributed by atoms with E-state index in [2.05, 4.69) is 25.2 Å². The molecule has 1 aliphatic carbocycles. The molecule has 0 heterocycles. The summed E-state index contributed by atoms with van der Waals surface area (Å²) in [5, 5.41) is 0. The molecule has 1 heteroatoms. The Labute approximate surface area is 57.5 Å². The third-order valence-electron chi connectivity index (χ3n) is 1.30. The second-order valence-corrected chi connectivity index (χ2v) is 1.81. The van der Waals surface area contributed by atoms with Crippen molar-refractivity contribution in [2.24, 2.45) is 0 Å². The second kappa shape index (κ2) is 3.63. The van der Waals surface area contributed by atoms with Gasteiger partial charge in [-0.05, 0) is 12.8 Å². The molecule has 0 radical (unpaired) electrons. The van der Waals surface area contributed by atoms with Crippen molar-refractivity contribution in [3.63, 3.8) is 0 Å². The number of hydrogen-bond donors (Lipinski definition) is 0. The van der Waals surface area contributed by atoms with Crippen LogP contribution in [0, 0.1) is 0 Å². The topological polar surface area (TPSA) is 0 Å². The zero-order valence-electron chi connectivity index (χ0n) is 7.35. The van der Waals surface area contributed by atoms with Crippen LogP contribution in [-0.2, 0) is 0 Å². The van der Waals surface area contributed by atoms with E-state index >= 15 is 0 Å². The summed E-state index contributed by atoms with van der Waals surface area (Å²) in [7, 11) is 0. The van der Waals surface area contributed by atoms with E-state index in [-0.39, 0.29) is 13.0 Å². The molecule has 0 nitrogen and oxygen atoms in total. The molecular formula is C7H12Be. The van der Waals surface area contributed by atoms with Crippen LogP contribution >= 0.6 is 0 Å². The monoisotopic (exact) mass is 105 g/mol. The fourth-order valence-electron chi connectivity index (χ4n) is 0.754. The van der Waals surface area contributed by atoms with Gasteiger partial charge in [-0.3, -0.25) is 0 Å². The quantitative estimate of drug-likeness (QED) is 0.448. The maximum Gasteiger partial charge on any atom is 2.00 e. The number of hydrogen-bond acceptors (Lipinski definition) is 0. The van der Waals surface area contributed by atoms with Gasteiger partial charge in [0, 0.05) is 0 Å². The predicted octanol–water partition coefficient (Wildman–Crippen LogP) is 2.13. The first-order valence-electron chi connectivity index (χ1n) is 2.78. The Morgan fingerprint density at radius 1 is 1.75 bits per heavy atom. The van der Waals surface area contributed by atoms with Gasteiger partial charge < -0.3 is 2.85 Å². The summed E-state index contributed by atoms with van der Waals surface area (Å²) >= 11 is 0. The Morgan fingerprint density at radius 3 is 2.75 bits per heavy atom. The van der Waals surface area contributed by atoms with Crippen molar-refractivity contribution in [2.45, 2.75) is 19.8 Å². The van der Waals surface area contributed by atoms with Gasteiger partial charge in [0.1, 0.15) is 0 Å². The summed E-state index contributed by atoms with van der Waals surface area (Å²) in [5.74, 6) is 0. The predicted molar refractivity (Wildman–Crippen MR) is 40.1 cm³/mol. The number of rotatable bonds is 1. The van der Waals surface area contributed by atoms with Gasteiger partial charge >= 0.3 is 10.1 Å². The molecule has 0 aromatic heterocycles. The average molecular weight is 105 g/mol. The van der Waals surface area contributed by atoms with Crippen molar-refractivity contribution in [2.75, 3.05) is 0 Å². The smallest absolute Gasteiger partial charge is 1.00 e. The van der Waals surface area contributed by atoms with Crippen LogP contribution in [0.5, 0.6) is 0 Å². The molecule has 0 saturated carbocycles. The minimum Gasteiger partial charge on any atom is -1.00 e. The molecule has 0 aromatic rings. The molecule has 0 aromatic carbocycles. The van der Waals surface area contributed by atoms with Gasteiger partial charge in [0.25, 0.3) is 0 Å². The van der Waals surface area contributed by atoms with Crippen molar-refractivity contribution >= 4 is 10.1 Å². The minimum atomic E-state index is 0. The molecule has 0 N–H and O–H groups in total. The Bertz CT molecular complexity index is 119. The first kappa shape index (κ1) is 7.65. The molecule has 0 unspecified atom stereocenters. The molecule has 8 heavy (non-hydrogen) atoms. The zero-order valence-corrected chi connectivity index (χ0v) is 5.35. The summed E-state index contributed by atoms with van der Waals surface area (Å²) in [4.78, 5) is 0.